The standard InChI is InChI=1S/C14H15ClN4/c15-8-2-1-3-13(14-17-10-18-19-14)12-6-4-11(9-16)5-7-12/h4-7,10,13H,1-3,8H2,(H,17,18,19). The van der Waals surface area contributed by atoms with Gasteiger partial charge in [0.1, 0.15) is 6.33 Å². The molecule has 0 bridgehead atoms. The molecule has 98 valence electrons. The van der Waals surface area contributed by atoms with Gasteiger partial charge in [-0.15, -0.1) is 11.6 Å². The molecule has 0 aliphatic carbocycles. The van der Waals surface area contributed by atoms with Crippen LogP contribution >= 0.6 is 11.6 Å². The molecule has 1 N–H and O–H groups in total. The Morgan fingerprint density at radius 2 is 2.05 bits per heavy atom. The van der Waals surface area contributed by atoms with Crippen molar-refractivity contribution in [2.45, 2.75) is 25.2 Å². The van der Waals surface area contributed by atoms with Crippen molar-refractivity contribution in [1.29, 1.82) is 5.26 Å². The van der Waals surface area contributed by atoms with Gasteiger partial charge in [-0.3, -0.25) is 5.10 Å². The molecule has 2 rings (SSSR count). The SMILES string of the molecule is N#Cc1ccc(C(CCCCCl)c2nc[nH]n2)cc1. The fourth-order valence-electron chi connectivity index (χ4n) is 2.06. The Bertz CT molecular complexity index is 528. The smallest absolute Gasteiger partial charge is 0.157 e. The molecular weight excluding hydrogens is 260 g/mol. The second-order valence-electron chi connectivity index (χ2n) is 4.33. The Morgan fingerprint density at radius 1 is 1.26 bits per heavy atom. The van der Waals surface area contributed by atoms with E-state index in [-0.39, 0.29) is 5.92 Å². The van der Waals surface area contributed by atoms with Gasteiger partial charge < -0.3 is 0 Å². The quantitative estimate of drug-likeness (QED) is 0.650. The maximum Gasteiger partial charge on any atom is 0.157 e. The zero-order chi connectivity index (χ0) is 13.5. The molecule has 2 aromatic rings. The predicted molar refractivity (Wildman–Crippen MR) is 74.0 cm³/mol. The molecule has 1 unspecified atom stereocenters. The van der Waals surface area contributed by atoms with Crippen LogP contribution in [-0.4, -0.2) is 21.1 Å². The molecule has 4 nitrogen and oxygen atoms in total. The zero-order valence-corrected chi connectivity index (χ0v) is 11.3. The number of unbranched alkanes of at least 4 members (excludes halogenated alkanes) is 1. The van der Waals surface area contributed by atoms with Crippen LogP contribution in [0.4, 0.5) is 0 Å². The van der Waals surface area contributed by atoms with E-state index in [0.717, 1.165) is 30.7 Å². The largest absolute Gasteiger partial charge is 0.266 e. The van der Waals surface area contributed by atoms with Gasteiger partial charge in [-0.25, -0.2) is 4.98 Å². The minimum atomic E-state index is 0.155. The van der Waals surface area contributed by atoms with Crippen LogP contribution < -0.4 is 0 Å². The summed E-state index contributed by atoms with van der Waals surface area (Å²) < 4.78 is 0. The summed E-state index contributed by atoms with van der Waals surface area (Å²) in [5.41, 5.74) is 1.80. The number of rotatable bonds is 6. The lowest BCUT2D eigenvalue weighted by Crippen LogP contribution is -2.04. The Hall–Kier alpha value is -1.86. The summed E-state index contributed by atoms with van der Waals surface area (Å²) >= 11 is 5.72. The monoisotopic (exact) mass is 274 g/mol. The average molecular weight is 275 g/mol. The minimum Gasteiger partial charge on any atom is -0.266 e. The summed E-state index contributed by atoms with van der Waals surface area (Å²) in [6.45, 7) is 0. The number of halogens is 1. The van der Waals surface area contributed by atoms with Gasteiger partial charge in [0.2, 0.25) is 0 Å². The van der Waals surface area contributed by atoms with Crippen molar-refractivity contribution >= 4 is 11.6 Å². The molecule has 0 saturated carbocycles. The second-order valence-corrected chi connectivity index (χ2v) is 4.71. The van der Waals surface area contributed by atoms with Crippen molar-refractivity contribution in [3.8, 4) is 6.07 Å². The van der Waals surface area contributed by atoms with E-state index in [4.69, 9.17) is 16.9 Å². The lowest BCUT2D eigenvalue weighted by Gasteiger charge is -2.13. The van der Waals surface area contributed by atoms with E-state index >= 15 is 0 Å². The maximum atomic E-state index is 8.83. The number of nitrogens with zero attached hydrogens (tertiary/aromatic N) is 3. The fraction of sp³-hybridized carbons (Fsp3) is 0.357. The molecule has 1 aromatic carbocycles. The van der Waals surface area contributed by atoms with Crippen LogP contribution in [0.5, 0.6) is 0 Å². The Morgan fingerprint density at radius 3 is 2.63 bits per heavy atom. The molecule has 0 radical (unpaired) electrons. The summed E-state index contributed by atoms with van der Waals surface area (Å²) in [4.78, 5) is 4.25. The molecule has 19 heavy (non-hydrogen) atoms. The Kier molecular flexibility index (Phi) is 4.93. The topological polar surface area (TPSA) is 65.4 Å². The number of hydrogen-bond acceptors (Lipinski definition) is 3. The van der Waals surface area contributed by atoms with E-state index in [2.05, 4.69) is 21.3 Å². The van der Waals surface area contributed by atoms with E-state index in [1.165, 1.54) is 0 Å². The third kappa shape index (κ3) is 3.55. The molecule has 0 amide bonds. The highest BCUT2D eigenvalue weighted by molar-refractivity contribution is 6.17. The van der Waals surface area contributed by atoms with Crippen LogP contribution in [0.15, 0.2) is 30.6 Å². The van der Waals surface area contributed by atoms with Crippen molar-refractivity contribution in [3.63, 3.8) is 0 Å². The molecule has 0 spiro atoms. The van der Waals surface area contributed by atoms with Gasteiger partial charge >= 0.3 is 0 Å². The summed E-state index contributed by atoms with van der Waals surface area (Å²) in [6.07, 6.45) is 4.56. The highest BCUT2D eigenvalue weighted by Gasteiger charge is 2.17. The van der Waals surface area contributed by atoms with Gasteiger partial charge in [-0.2, -0.15) is 10.4 Å². The van der Waals surface area contributed by atoms with E-state index in [1.54, 1.807) is 6.33 Å². The van der Waals surface area contributed by atoms with Crippen LogP contribution in [0.25, 0.3) is 0 Å². The van der Waals surface area contributed by atoms with Crippen molar-refractivity contribution in [1.82, 2.24) is 15.2 Å². The second kappa shape index (κ2) is 6.91. The minimum absolute atomic E-state index is 0.155. The summed E-state index contributed by atoms with van der Waals surface area (Å²) in [5.74, 6) is 1.62. The normalized spacial score (nSPS) is 12.0. The van der Waals surface area contributed by atoms with E-state index in [1.807, 2.05) is 24.3 Å². The first-order chi connectivity index (χ1) is 9.35. The van der Waals surface area contributed by atoms with Crippen LogP contribution in [0.3, 0.4) is 0 Å². The van der Waals surface area contributed by atoms with Crippen LogP contribution in [0.2, 0.25) is 0 Å². The highest BCUT2D eigenvalue weighted by atomic mass is 35.5. The molecule has 5 heteroatoms. The third-order valence-electron chi connectivity index (χ3n) is 3.06. The molecule has 1 atom stereocenters. The fourth-order valence-corrected chi connectivity index (χ4v) is 2.25. The summed E-state index contributed by atoms with van der Waals surface area (Å²) in [5, 5.41) is 15.8. The number of aromatic nitrogens is 3. The Labute approximate surface area is 117 Å². The van der Waals surface area contributed by atoms with Gasteiger partial charge in [0.15, 0.2) is 5.82 Å². The van der Waals surface area contributed by atoms with Crippen LogP contribution in [0, 0.1) is 11.3 Å². The molecule has 0 fully saturated rings. The number of hydrogen-bond donors (Lipinski definition) is 1. The number of H-pyrrole nitrogens is 1. The predicted octanol–water partition coefficient (Wildman–Crippen LogP) is 3.22. The first kappa shape index (κ1) is 13.6. The van der Waals surface area contributed by atoms with Gasteiger partial charge in [-0.1, -0.05) is 18.6 Å². The van der Waals surface area contributed by atoms with Gasteiger partial charge in [0.05, 0.1) is 11.6 Å². The van der Waals surface area contributed by atoms with Crippen molar-refractivity contribution < 1.29 is 0 Å². The Balaban J connectivity index is 2.18. The lowest BCUT2D eigenvalue weighted by atomic mass is 9.92. The van der Waals surface area contributed by atoms with E-state index < -0.39 is 0 Å². The molecule has 1 aromatic heterocycles. The lowest BCUT2D eigenvalue weighted by molar-refractivity contribution is 0.626. The number of nitriles is 1. The third-order valence-corrected chi connectivity index (χ3v) is 3.33. The first-order valence-electron chi connectivity index (χ1n) is 6.27. The number of nitrogens with one attached hydrogen (secondary N) is 1. The van der Waals surface area contributed by atoms with Crippen molar-refractivity contribution in [2.24, 2.45) is 0 Å². The maximum absolute atomic E-state index is 8.83. The molecule has 0 aliphatic rings. The number of benzene rings is 1. The van der Waals surface area contributed by atoms with Crippen LogP contribution in [-0.2, 0) is 0 Å². The molecule has 0 aliphatic heterocycles. The highest BCUT2D eigenvalue weighted by Crippen LogP contribution is 2.27. The van der Waals surface area contributed by atoms with E-state index in [0.29, 0.717) is 11.4 Å². The molecule has 1 heterocycles. The van der Waals surface area contributed by atoms with Gasteiger partial charge in [-0.05, 0) is 30.5 Å². The number of aromatic amines is 1. The van der Waals surface area contributed by atoms with Crippen LogP contribution in [0.1, 0.15) is 42.1 Å². The van der Waals surface area contributed by atoms with Gasteiger partial charge in [0.25, 0.3) is 0 Å². The average Bonchev–Trinajstić information content (AvgIpc) is 2.98. The molecular formula is C14H15ClN4. The summed E-state index contributed by atoms with van der Waals surface area (Å²) in [6, 6.07) is 9.73. The van der Waals surface area contributed by atoms with Crippen molar-refractivity contribution in [2.75, 3.05) is 5.88 Å². The van der Waals surface area contributed by atoms with Crippen molar-refractivity contribution in [3.05, 3.63) is 47.5 Å². The molecule has 0 saturated heterocycles. The van der Waals surface area contributed by atoms with Gasteiger partial charge in [0, 0.05) is 11.8 Å². The summed E-state index contributed by atoms with van der Waals surface area (Å²) in [7, 11) is 0. The van der Waals surface area contributed by atoms with E-state index in [9.17, 15) is 0 Å². The number of alkyl halides is 1. The first-order valence-corrected chi connectivity index (χ1v) is 6.80. The zero-order valence-electron chi connectivity index (χ0n) is 10.5.